The molecule has 1 aromatic rings. The van der Waals surface area contributed by atoms with Crippen LogP contribution in [0.1, 0.15) is 10.6 Å². The van der Waals surface area contributed by atoms with Gasteiger partial charge in [-0.1, -0.05) is 12.2 Å². The lowest BCUT2D eigenvalue weighted by Crippen LogP contribution is -2.42. The molecule has 0 aliphatic carbocycles. The molecule has 1 atom stereocenters. The van der Waals surface area contributed by atoms with Crippen molar-refractivity contribution in [1.82, 2.24) is 9.88 Å². The number of thiazole rings is 1. The number of nitrogens with zero attached hydrogens (tertiary/aromatic N) is 2. The quantitative estimate of drug-likeness (QED) is 0.847. The summed E-state index contributed by atoms with van der Waals surface area (Å²) in [7, 11) is 1.61. The third kappa shape index (κ3) is 4.18. The summed E-state index contributed by atoms with van der Waals surface area (Å²) in [6.45, 7) is 2.00. The van der Waals surface area contributed by atoms with Crippen LogP contribution in [0.4, 0.5) is 13.2 Å². The van der Waals surface area contributed by atoms with E-state index in [1.54, 1.807) is 17.5 Å². The van der Waals surface area contributed by atoms with Crippen LogP contribution in [0.25, 0.3) is 0 Å². The molecule has 0 saturated carbocycles. The Bertz CT molecular complexity index is 417. The number of hydrogen-bond donors (Lipinski definition) is 1. The van der Waals surface area contributed by atoms with Crippen molar-refractivity contribution in [3.05, 3.63) is 16.1 Å². The lowest BCUT2D eigenvalue weighted by atomic mass is 10.1. The normalized spacial score (nSPS) is 13.9. The maximum absolute atomic E-state index is 12.7. The van der Waals surface area contributed by atoms with Gasteiger partial charge < -0.3 is 10.6 Å². The number of aromatic nitrogens is 1. The van der Waals surface area contributed by atoms with E-state index in [9.17, 15) is 13.2 Å². The zero-order chi connectivity index (χ0) is 13.9. The fourth-order valence-corrected chi connectivity index (χ4v) is 2.52. The molecule has 0 fully saturated rings. The molecule has 0 aliphatic heterocycles. The van der Waals surface area contributed by atoms with E-state index in [-0.39, 0.29) is 6.54 Å². The summed E-state index contributed by atoms with van der Waals surface area (Å²) in [5.74, 6) is -1.77. The molecular weight excluding hydrogens is 283 g/mol. The largest absolute Gasteiger partial charge is 0.399 e. The lowest BCUT2D eigenvalue weighted by molar-refractivity contribution is -0.158. The summed E-state index contributed by atoms with van der Waals surface area (Å²) < 4.78 is 38.1. The summed E-state index contributed by atoms with van der Waals surface area (Å²) >= 11 is 5.90. The highest BCUT2D eigenvalue weighted by Crippen LogP contribution is 2.27. The van der Waals surface area contributed by atoms with Crippen LogP contribution in [0.5, 0.6) is 0 Å². The molecule has 2 N–H and O–H groups in total. The van der Waals surface area contributed by atoms with Crippen molar-refractivity contribution >= 4 is 28.5 Å². The van der Waals surface area contributed by atoms with Crippen molar-refractivity contribution in [3.8, 4) is 0 Å². The molecule has 0 aromatic carbocycles. The zero-order valence-corrected chi connectivity index (χ0v) is 11.6. The predicted octanol–water partition coefficient (Wildman–Crippen LogP) is 2.35. The standard InChI is InChI=1S/C10H14F3N3S2/c1-6-8(18-5-15-6)4-16(2)3-7(9(14)17)10(11,12)13/h5,7H,3-4H2,1-2H3,(H2,14,17). The van der Waals surface area contributed by atoms with Crippen LogP contribution < -0.4 is 5.73 Å². The van der Waals surface area contributed by atoms with Gasteiger partial charge in [0.1, 0.15) is 5.92 Å². The number of thiocarbonyl (C=S) groups is 1. The Labute approximate surface area is 113 Å². The molecule has 0 aliphatic rings. The second-order valence-corrected chi connectivity index (χ2v) is 5.46. The smallest absolute Gasteiger partial charge is 0.393 e. The van der Waals surface area contributed by atoms with Crippen LogP contribution in [0.2, 0.25) is 0 Å². The minimum Gasteiger partial charge on any atom is -0.393 e. The van der Waals surface area contributed by atoms with E-state index in [0.29, 0.717) is 6.54 Å². The molecule has 102 valence electrons. The second kappa shape index (κ2) is 5.94. The third-order valence-electron chi connectivity index (χ3n) is 2.49. The SMILES string of the molecule is Cc1ncsc1CN(C)CC(C(N)=S)C(F)(F)F. The van der Waals surface area contributed by atoms with Gasteiger partial charge in [0.2, 0.25) is 0 Å². The summed E-state index contributed by atoms with van der Waals surface area (Å²) in [6, 6.07) is 0. The van der Waals surface area contributed by atoms with E-state index in [1.165, 1.54) is 11.3 Å². The summed E-state index contributed by atoms with van der Waals surface area (Å²) in [5.41, 5.74) is 7.66. The van der Waals surface area contributed by atoms with E-state index in [2.05, 4.69) is 17.2 Å². The van der Waals surface area contributed by atoms with Crippen molar-refractivity contribution < 1.29 is 13.2 Å². The molecule has 1 rings (SSSR count). The maximum atomic E-state index is 12.7. The first-order valence-electron chi connectivity index (χ1n) is 5.15. The van der Waals surface area contributed by atoms with Gasteiger partial charge in [-0.15, -0.1) is 11.3 Å². The molecule has 0 amide bonds. The molecule has 18 heavy (non-hydrogen) atoms. The third-order valence-corrected chi connectivity index (χ3v) is 3.70. The minimum atomic E-state index is -4.40. The number of aryl methyl sites for hydroxylation is 1. The fourth-order valence-electron chi connectivity index (χ4n) is 1.45. The number of hydrogen-bond acceptors (Lipinski definition) is 4. The van der Waals surface area contributed by atoms with Crippen LogP contribution in [0.3, 0.4) is 0 Å². The number of nitrogens with two attached hydrogens (primary N) is 1. The summed E-state index contributed by atoms with van der Waals surface area (Å²) in [5, 5.41) is 0. The van der Waals surface area contributed by atoms with Crippen LogP contribution in [-0.2, 0) is 6.54 Å². The number of halogens is 3. The molecule has 0 radical (unpaired) electrons. The molecule has 0 spiro atoms. The Morgan fingerprint density at radius 1 is 1.61 bits per heavy atom. The second-order valence-electron chi connectivity index (χ2n) is 4.05. The van der Waals surface area contributed by atoms with Gasteiger partial charge in [0, 0.05) is 18.0 Å². The Morgan fingerprint density at radius 3 is 2.61 bits per heavy atom. The lowest BCUT2D eigenvalue weighted by Gasteiger charge is -2.24. The monoisotopic (exact) mass is 297 g/mol. The molecular formula is C10H14F3N3S2. The Kier molecular flexibility index (Phi) is 5.06. The first kappa shape index (κ1) is 15.3. The minimum absolute atomic E-state index is 0.240. The van der Waals surface area contributed by atoms with Crippen LogP contribution in [0.15, 0.2) is 5.51 Å². The van der Waals surface area contributed by atoms with Gasteiger partial charge >= 0.3 is 6.18 Å². The van der Waals surface area contributed by atoms with Gasteiger partial charge in [-0.25, -0.2) is 4.98 Å². The molecule has 1 heterocycles. The van der Waals surface area contributed by atoms with E-state index >= 15 is 0 Å². The molecule has 0 saturated heterocycles. The average Bonchev–Trinajstić information content (AvgIpc) is 2.59. The van der Waals surface area contributed by atoms with Crippen LogP contribution in [0, 0.1) is 12.8 Å². The maximum Gasteiger partial charge on any atom is 0.399 e. The molecule has 8 heteroatoms. The Hall–Kier alpha value is -0.730. The highest BCUT2D eigenvalue weighted by molar-refractivity contribution is 7.80. The van der Waals surface area contributed by atoms with Crippen molar-refractivity contribution in [2.75, 3.05) is 13.6 Å². The average molecular weight is 297 g/mol. The van der Waals surface area contributed by atoms with Gasteiger partial charge in [0.15, 0.2) is 0 Å². The van der Waals surface area contributed by atoms with Gasteiger partial charge in [0.25, 0.3) is 0 Å². The molecule has 3 nitrogen and oxygen atoms in total. The van der Waals surface area contributed by atoms with Gasteiger partial charge in [-0.3, -0.25) is 0 Å². The van der Waals surface area contributed by atoms with E-state index in [1.807, 2.05) is 6.92 Å². The topological polar surface area (TPSA) is 42.2 Å². The number of rotatable bonds is 5. The zero-order valence-electron chi connectivity index (χ0n) is 9.99. The molecule has 0 bridgehead atoms. The summed E-state index contributed by atoms with van der Waals surface area (Å²) in [4.78, 5) is 6.03. The molecule has 1 unspecified atom stereocenters. The van der Waals surface area contributed by atoms with E-state index < -0.39 is 17.1 Å². The Morgan fingerprint density at radius 2 is 2.22 bits per heavy atom. The highest BCUT2D eigenvalue weighted by Gasteiger charge is 2.42. The fraction of sp³-hybridized carbons (Fsp3) is 0.600. The van der Waals surface area contributed by atoms with Crippen molar-refractivity contribution in [1.29, 1.82) is 0 Å². The van der Waals surface area contributed by atoms with E-state index in [4.69, 9.17) is 5.73 Å². The highest BCUT2D eigenvalue weighted by atomic mass is 32.1. The van der Waals surface area contributed by atoms with Gasteiger partial charge in [-0.2, -0.15) is 13.2 Å². The predicted molar refractivity (Wildman–Crippen MR) is 69.5 cm³/mol. The van der Waals surface area contributed by atoms with Crippen LogP contribution >= 0.6 is 23.6 Å². The Balaban J connectivity index is 2.65. The van der Waals surface area contributed by atoms with Gasteiger partial charge in [-0.05, 0) is 14.0 Å². The van der Waals surface area contributed by atoms with Gasteiger partial charge in [0.05, 0.1) is 16.2 Å². The van der Waals surface area contributed by atoms with Crippen molar-refractivity contribution in [2.45, 2.75) is 19.6 Å². The summed E-state index contributed by atoms with van der Waals surface area (Å²) in [6.07, 6.45) is -4.40. The van der Waals surface area contributed by atoms with Crippen molar-refractivity contribution in [3.63, 3.8) is 0 Å². The van der Waals surface area contributed by atoms with E-state index in [0.717, 1.165) is 10.6 Å². The van der Waals surface area contributed by atoms with Crippen molar-refractivity contribution in [2.24, 2.45) is 11.7 Å². The first-order valence-corrected chi connectivity index (χ1v) is 6.44. The first-order chi connectivity index (χ1) is 8.21. The van der Waals surface area contributed by atoms with Crippen LogP contribution in [-0.4, -0.2) is 34.6 Å². The number of alkyl halides is 3. The molecule has 1 aromatic heterocycles.